The summed E-state index contributed by atoms with van der Waals surface area (Å²) in [4.78, 5) is 5.76. The summed E-state index contributed by atoms with van der Waals surface area (Å²) >= 11 is 0. The van der Waals surface area contributed by atoms with Crippen LogP contribution in [-0.4, -0.2) is 25.2 Å². The molecular formula is C13H14N9+. The van der Waals surface area contributed by atoms with E-state index < -0.39 is 0 Å². The molecule has 9 nitrogen and oxygen atoms in total. The number of nitrogens with two attached hydrogens (primary N) is 2. The number of aromatic nitrogens is 5. The number of pyridine rings is 1. The highest BCUT2D eigenvalue weighted by Crippen LogP contribution is 2.26. The lowest BCUT2D eigenvalue weighted by molar-refractivity contribution is -0.588. The van der Waals surface area contributed by atoms with Crippen molar-refractivity contribution in [1.29, 1.82) is 0 Å². The molecule has 0 saturated carbocycles. The van der Waals surface area contributed by atoms with Crippen LogP contribution >= 0.6 is 0 Å². The molecular weight excluding hydrogens is 282 g/mol. The third kappa shape index (κ3) is 2.19. The first-order chi connectivity index (χ1) is 10.8. The number of rotatable bonds is 3. The van der Waals surface area contributed by atoms with Gasteiger partial charge in [-0.1, -0.05) is 30.3 Å². The minimum Gasteiger partial charge on any atom is -0.384 e. The van der Waals surface area contributed by atoms with Gasteiger partial charge in [0.1, 0.15) is 11.5 Å². The molecule has 4 rings (SSSR count). The van der Waals surface area contributed by atoms with Crippen molar-refractivity contribution < 1.29 is 5.53 Å². The molecule has 1 aromatic carbocycles. The summed E-state index contributed by atoms with van der Waals surface area (Å²) in [6.07, 6.45) is 0. The maximum absolute atomic E-state index is 5.82. The summed E-state index contributed by atoms with van der Waals surface area (Å²) < 4.78 is 0. The Labute approximate surface area is 125 Å². The Morgan fingerprint density at radius 3 is 2.91 bits per heavy atom. The molecule has 110 valence electrons. The van der Waals surface area contributed by atoms with Gasteiger partial charge in [-0.2, -0.15) is 10.2 Å². The van der Waals surface area contributed by atoms with Crippen LogP contribution in [0, 0.1) is 0 Å². The summed E-state index contributed by atoms with van der Waals surface area (Å²) in [5.74, 6) is 1.75. The number of benzene rings is 1. The fourth-order valence-electron chi connectivity index (χ4n) is 2.35. The lowest BCUT2D eigenvalue weighted by atomic mass is 10.2. The zero-order chi connectivity index (χ0) is 14.9. The topological polar surface area (TPSA) is 123 Å². The van der Waals surface area contributed by atoms with Gasteiger partial charge in [0.15, 0.2) is 0 Å². The molecule has 0 unspecified atom stereocenters. The third-order valence-corrected chi connectivity index (χ3v) is 3.34. The van der Waals surface area contributed by atoms with E-state index in [1.165, 1.54) is 4.80 Å². The number of nitrogens with zero attached hydrogens (tertiary/aromatic N) is 5. The van der Waals surface area contributed by atoms with E-state index in [0.29, 0.717) is 24.0 Å². The standard InChI is InChI=1S/C13H13N9/c14-10-6-9(11-13(15-10)17-20-16-11)7-22-19-12(18-21-22)8-4-2-1-3-5-8/h1-6,16,20H,7H2,(H3,14,15,17)/p+1. The molecule has 6 N–H and O–H groups in total. The fourth-order valence-corrected chi connectivity index (χ4v) is 2.35. The van der Waals surface area contributed by atoms with E-state index in [1.807, 2.05) is 30.3 Å². The summed E-state index contributed by atoms with van der Waals surface area (Å²) in [5, 5.41) is 12.6. The van der Waals surface area contributed by atoms with Crippen molar-refractivity contribution in [2.45, 2.75) is 6.54 Å². The minimum atomic E-state index is 0.446. The van der Waals surface area contributed by atoms with Gasteiger partial charge in [-0.3, -0.25) is 0 Å². The molecule has 22 heavy (non-hydrogen) atoms. The average Bonchev–Trinajstić information content (AvgIpc) is 3.17. The van der Waals surface area contributed by atoms with Crippen LogP contribution in [0.25, 0.3) is 11.4 Å². The second-order valence-corrected chi connectivity index (χ2v) is 4.87. The second kappa shape index (κ2) is 4.97. The largest absolute Gasteiger partial charge is 0.384 e. The monoisotopic (exact) mass is 296 g/mol. The van der Waals surface area contributed by atoms with Gasteiger partial charge in [-0.05, 0) is 11.3 Å². The molecule has 0 saturated heterocycles. The Kier molecular flexibility index (Phi) is 2.83. The molecule has 0 radical (unpaired) electrons. The zero-order valence-corrected chi connectivity index (χ0v) is 11.6. The van der Waals surface area contributed by atoms with Gasteiger partial charge in [0, 0.05) is 11.1 Å². The molecule has 1 aliphatic rings. The van der Waals surface area contributed by atoms with Crippen molar-refractivity contribution in [2.24, 2.45) is 0 Å². The predicted molar refractivity (Wildman–Crippen MR) is 80.2 cm³/mol. The molecule has 3 heterocycles. The van der Waals surface area contributed by atoms with Crippen LogP contribution in [-0.2, 0) is 6.54 Å². The number of hydrogen-bond donors (Lipinski definition) is 4. The maximum atomic E-state index is 5.82. The van der Waals surface area contributed by atoms with E-state index in [-0.39, 0.29) is 0 Å². The maximum Gasteiger partial charge on any atom is 0.207 e. The number of hydrogen-bond acceptors (Lipinski definition) is 7. The molecule has 0 aliphatic carbocycles. The molecule has 0 amide bonds. The lowest BCUT2D eigenvalue weighted by Gasteiger charge is -2.05. The Morgan fingerprint density at radius 2 is 2.05 bits per heavy atom. The van der Waals surface area contributed by atoms with Gasteiger partial charge in [-0.15, -0.1) is 15.7 Å². The van der Waals surface area contributed by atoms with Crippen LogP contribution < -0.4 is 22.1 Å². The molecule has 0 fully saturated rings. The van der Waals surface area contributed by atoms with Crippen LogP contribution in [0.5, 0.6) is 0 Å². The molecule has 0 atom stereocenters. The summed E-state index contributed by atoms with van der Waals surface area (Å²) in [6, 6.07) is 11.5. The zero-order valence-electron chi connectivity index (χ0n) is 11.6. The van der Waals surface area contributed by atoms with Crippen LogP contribution in [0.1, 0.15) is 5.56 Å². The Balaban J connectivity index is 1.64. The van der Waals surface area contributed by atoms with E-state index in [1.54, 1.807) is 11.6 Å². The summed E-state index contributed by atoms with van der Waals surface area (Å²) in [6.45, 7) is 0.456. The quantitative estimate of drug-likeness (QED) is 0.485. The van der Waals surface area contributed by atoms with Gasteiger partial charge in [0.25, 0.3) is 0 Å². The smallest absolute Gasteiger partial charge is 0.207 e. The van der Waals surface area contributed by atoms with Crippen LogP contribution in [0.2, 0.25) is 0 Å². The van der Waals surface area contributed by atoms with E-state index in [4.69, 9.17) is 5.73 Å². The predicted octanol–water partition coefficient (Wildman–Crippen LogP) is -0.404. The van der Waals surface area contributed by atoms with Gasteiger partial charge >= 0.3 is 0 Å². The molecule has 1 aliphatic heterocycles. The van der Waals surface area contributed by atoms with Crippen molar-refractivity contribution in [3.05, 3.63) is 42.0 Å². The molecule has 9 heteroatoms. The van der Waals surface area contributed by atoms with Gasteiger partial charge < -0.3 is 5.73 Å². The molecule has 0 bridgehead atoms. The highest BCUT2D eigenvalue weighted by atomic mass is 15.6. The summed E-state index contributed by atoms with van der Waals surface area (Å²) in [7, 11) is 0. The average molecular weight is 296 g/mol. The lowest BCUT2D eigenvalue weighted by Crippen LogP contribution is -2.89. The van der Waals surface area contributed by atoms with E-state index in [0.717, 1.165) is 16.8 Å². The van der Waals surface area contributed by atoms with Crippen molar-refractivity contribution >= 4 is 17.3 Å². The van der Waals surface area contributed by atoms with E-state index in [2.05, 4.69) is 31.2 Å². The highest BCUT2D eigenvalue weighted by Gasteiger charge is 2.20. The molecule has 2 aromatic heterocycles. The van der Waals surface area contributed by atoms with Gasteiger partial charge in [0.05, 0.1) is 6.54 Å². The normalized spacial score (nSPS) is 12.5. The summed E-state index contributed by atoms with van der Waals surface area (Å²) in [5.41, 5.74) is 16.4. The first kappa shape index (κ1) is 12.5. The fraction of sp³-hybridized carbons (Fsp3) is 0.0769. The van der Waals surface area contributed by atoms with Crippen molar-refractivity contribution in [3.8, 4) is 11.4 Å². The molecule has 0 spiro atoms. The minimum absolute atomic E-state index is 0.446. The number of tetrazole rings is 1. The first-order valence-corrected chi connectivity index (χ1v) is 6.77. The van der Waals surface area contributed by atoms with Crippen LogP contribution in [0.15, 0.2) is 36.4 Å². The first-order valence-electron chi connectivity index (χ1n) is 6.77. The van der Waals surface area contributed by atoms with Crippen LogP contribution in [0.3, 0.4) is 0 Å². The number of anilines is 3. The number of fused-ring (bicyclic) bond motifs is 1. The Morgan fingerprint density at radius 1 is 1.18 bits per heavy atom. The van der Waals surface area contributed by atoms with Gasteiger partial charge in [0.2, 0.25) is 11.6 Å². The SMILES string of the molecule is Nc1cc(Cn2nnc(-c3ccccc3)n2)c2c(n1)N[NH2+]N2. The van der Waals surface area contributed by atoms with E-state index in [9.17, 15) is 0 Å². The highest BCUT2D eigenvalue weighted by molar-refractivity contribution is 5.71. The third-order valence-electron chi connectivity index (χ3n) is 3.34. The van der Waals surface area contributed by atoms with Crippen LogP contribution in [0.4, 0.5) is 17.3 Å². The number of nitrogens with one attached hydrogen (secondary N) is 2. The molecule has 3 aromatic rings. The Hall–Kier alpha value is -3.20. The van der Waals surface area contributed by atoms with Crippen molar-refractivity contribution in [1.82, 2.24) is 25.2 Å². The van der Waals surface area contributed by atoms with Crippen molar-refractivity contribution in [2.75, 3.05) is 16.6 Å². The Bertz CT molecular complexity index is 812. The van der Waals surface area contributed by atoms with Gasteiger partial charge in [-0.25, -0.2) is 10.4 Å². The van der Waals surface area contributed by atoms with Crippen molar-refractivity contribution in [3.63, 3.8) is 0 Å². The number of nitrogen functional groups attached to an aromatic ring is 3. The number of quaternary nitrogens is 1. The van der Waals surface area contributed by atoms with E-state index >= 15 is 0 Å². The second-order valence-electron chi connectivity index (χ2n) is 4.87.